The number of amides is 2. The Labute approximate surface area is 229 Å². The maximum absolute atomic E-state index is 13.2. The monoisotopic (exact) mass is 562 g/mol. The standard InChI is InChI=1S/C24H34N8O6S/c1-11(4-13(33)7-31-10-27-28-29-31)18-19-12(2)21(20(24(36)37)32(19)23(18)35)39-14-5-16(26-6-14)22(34)30-8-15(25)17(9-30)38-3/h10-12,14-19,26H,4-9,25H2,1-3H3,(H,36,37)/t11-,12+,14?,15-,16-,17-,18+,19+/m0/s1. The fourth-order valence-corrected chi connectivity index (χ4v) is 7.84. The lowest BCUT2D eigenvalue weighted by molar-refractivity contribution is -0.160. The number of fused-ring (bicyclic) bond motifs is 1. The van der Waals surface area contributed by atoms with Crippen LogP contribution < -0.4 is 11.1 Å². The molecule has 4 N–H and O–H groups in total. The van der Waals surface area contributed by atoms with Gasteiger partial charge in [-0.2, -0.15) is 0 Å². The molecule has 5 heterocycles. The molecule has 8 atom stereocenters. The van der Waals surface area contributed by atoms with E-state index in [-0.39, 0.29) is 77.6 Å². The van der Waals surface area contributed by atoms with Crippen molar-refractivity contribution in [3.05, 3.63) is 16.9 Å². The molecule has 1 unspecified atom stereocenters. The van der Waals surface area contributed by atoms with Crippen molar-refractivity contribution < 1.29 is 29.0 Å². The molecular weight excluding hydrogens is 528 g/mol. The molecule has 2 amide bonds. The summed E-state index contributed by atoms with van der Waals surface area (Å²) in [7, 11) is 1.59. The summed E-state index contributed by atoms with van der Waals surface area (Å²) in [6.07, 6.45) is 1.88. The molecule has 0 radical (unpaired) electrons. The smallest absolute Gasteiger partial charge is 0.353 e. The molecule has 5 rings (SSSR count). The van der Waals surface area contributed by atoms with E-state index in [1.54, 1.807) is 12.0 Å². The molecule has 0 saturated carbocycles. The van der Waals surface area contributed by atoms with Crippen LogP contribution in [0.25, 0.3) is 0 Å². The fraction of sp³-hybridized carbons (Fsp3) is 0.708. The highest BCUT2D eigenvalue weighted by Gasteiger charge is 2.60. The highest BCUT2D eigenvalue weighted by Crippen LogP contribution is 2.53. The van der Waals surface area contributed by atoms with E-state index in [1.807, 2.05) is 13.8 Å². The molecule has 15 heteroatoms. The van der Waals surface area contributed by atoms with Gasteiger partial charge in [-0.25, -0.2) is 9.48 Å². The maximum Gasteiger partial charge on any atom is 0.353 e. The second-order valence-corrected chi connectivity index (χ2v) is 12.2. The number of nitrogens with one attached hydrogen (secondary N) is 1. The van der Waals surface area contributed by atoms with E-state index in [1.165, 1.54) is 27.7 Å². The van der Waals surface area contributed by atoms with Gasteiger partial charge in [0, 0.05) is 49.2 Å². The number of tetrazole rings is 1. The van der Waals surface area contributed by atoms with E-state index in [0.29, 0.717) is 31.0 Å². The lowest BCUT2D eigenvalue weighted by atomic mass is 9.73. The van der Waals surface area contributed by atoms with Crippen molar-refractivity contribution in [3.8, 4) is 0 Å². The van der Waals surface area contributed by atoms with Crippen molar-refractivity contribution in [2.24, 2.45) is 23.5 Å². The summed E-state index contributed by atoms with van der Waals surface area (Å²) in [6, 6.07) is -0.917. The normalized spacial score (nSPS) is 32.9. The second kappa shape index (κ2) is 10.9. The van der Waals surface area contributed by atoms with Crippen molar-refractivity contribution >= 4 is 35.3 Å². The van der Waals surface area contributed by atoms with Gasteiger partial charge in [0.1, 0.15) is 18.6 Å². The Morgan fingerprint density at radius 2 is 2.10 bits per heavy atom. The van der Waals surface area contributed by atoms with E-state index in [4.69, 9.17) is 10.5 Å². The average molecular weight is 563 g/mol. The number of methoxy groups -OCH3 is 1. The number of rotatable bonds is 10. The number of aliphatic carboxylic acids is 1. The highest BCUT2D eigenvalue weighted by atomic mass is 32.2. The third-order valence-electron chi connectivity index (χ3n) is 8.29. The molecule has 39 heavy (non-hydrogen) atoms. The summed E-state index contributed by atoms with van der Waals surface area (Å²) in [4.78, 5) is 54.9. The van der Waals surface area contributed by atoms with Gasteiger partial charge in [-0.3, -0.25) is 14.4 Å². The van der Waals surface area contributed by atoms with E-state index in [0.717, 1.165) is 0 Å². The Morgan fingerprint density at radius 1 is 1.33 bits per heavy atom. The number of nitrogens with two attached hydrogens (primary N) is 1. The van der Waals surface area contributed by atoms with E-state index in [9.17, 15) is 24.3 Å². The molecular formula is C24H34N8O6S. The predicted molar refractivity (Wildman–Crippen MR) is 138 cm³/mol. The second-order valence-electron chi connectivity index (χ2n) is 10.9. The quantitative estimate of drug-likeness (QED) is 0.286. The van der Waals surface area contributed by atoms with Crippen LogP contribution in [0.15, 0.2) is 16.9 Å². The fourth-order valence-electron chi connectivity index (χ4n) is 6.36. The van der Waals surface area contributed by atoms with Crippen LogP contribution in [0.1, 0.15) is 26.7 Å². The topological polar surface area (TPSA) is 186 Å². The number of hydrogen-bond acceptors (Lipinski definition) is 11. The summed E-state index contributed by atoms with van der Waals surface area (Å²) in [5.41, 5.74) is 6.10. The van der Waals surface area contributed by atoms with Gasteiger partial charge in [-0.15, -0.1) is 16.9 Å². The molecule has 3 fully saturated rings. The number of carboxylic acids is 1. The van der Waals surface area contributed by atoms with Gasteiger partial charge >= 0.3 is 5.97 Å². The highest BCUT2D eigenvalue weighted by molar-refractivity contribution is 8.03. The first-order chi connectivity index (χ1) is 18.6. The Hall–Kier alpha value is -2.88. The predicted octanol–water partition coefficient (Wildman–Crippen LogP) is -1.31. The van der Waals surface area contributed by atoms with Gasteiger partial charge in [-0.05, 0) is 22.8 Å². The number of ketones is 1. The molecule has 0 aromatic carbocycles. The van der Waals surface area contributed by atoms with Crippen LogP contribution in [0.2, 0.25) is 0 Å². The average Bonchev–Trinajstić information content (AvgIpc) is 3.67. The number of nitrogens with zero attached hydrogens (tertiary/aromatic N) is 6. The van der Waals surface area contributed by atoms with Crippen LogP contribution in [0, 0.1) is 17.8 Å². The van der Waals surface area contributed by atoms with Crippen LogP contribution in [-0.4, -0.2) is 115 Å². The molecule has 14 nitrogen and oxygen atoms in total. The van der Waals surface area contributed by atoms with Crippen molar-refractivity contribution in [1.29, 1.82) is 0 Å². The maximum atomic E-state index is 13.2. The number of thioether (sulfide) groups is 1. The lowest BCUT2D eigenvalue weighted by Gasteiger charge is -2.47. The zero-order valence-electron chi connectivity index (χ0n) is 22.1. The van der Waals surface area contributed by atoms with Crippen LogP contribution >= 0.6 is 11.8 Å². The number of ether oxygens (including phenoxy) is 1. The van der Waals surface area contributed by atoms with Crippen LogP contribution in [-0.2, 0) is 30.5 Å². The zero-order chi connectivity index (χ0) is 28.0. The van der Waals surface area contributed by atoms with E-state index >= 15 is 0 Å². The molecule has 4 aliphatic rings. The number of carbonyl (C=O) groups excluding carboxylic acids is 3. The Bertz CT molecular complexity index is 1180. The third kappa shape index (κ3) is 5.08. The minimum Gasteiger partial charge on any atom is -0.477 e. The van der Waals surface area contributed by atoms with Crippen LogP contribution in [0.5, 0.6) is 0 Å². The van der Waals surface area contributed by atoms with Gasteiger partial charge < -0.3 is 30.7 Å². The minimum atomic E-state index is -1.14. The van der Waals surface area contributed by atoms with Gasteiger partial charge in [0.25, 0.3) is 0 Å². The molecule has 0 aliphatic carbocycles. The number of Topliss-reactive ketones (excluding diaryl/α,β-unsaturated/α-hetero) is 1. The van der Waals surface area contributed by atoms with E-state index < -0.39 is 11.9 Å². The summed E-state index contributed by atoms with van der Waals surface area (Å²) in [5.74, 6) is -2.45. The summed E-state index contributed by atoms with van der Waals surface area (Å²) in [5, 5.41) is 24.0. The Morgan fingerprint density at radius 3 is 2.74 bits per heavy atom. The van der Waals surface area contributed by atoms with Gasteiger partial charge in [0.05, 0.1) is 30.1 Å². The summed E-state index contributed by atoms with van der Waals surface area (Å²) in [6.45, 7) is 5.25. The van der Waals surface area contributed by atoms with Crippen molar-refractivity contribution in [2.75, 3.05) is 26.7 Å². The van der Waals surface area contributed by atoms with Crippen molar-refractivity contribution in [1.82, 2.24) is 35.3 Å². The lowest BCUT2D eigenvalue weighted by Crippen LogP contribution is -2.62. The molecule has 1 aromatic rings. The molecule has 4 aliphatic heterocycles. The largest absolute Gasteiger partial charge is 0.477 e. The number of carbonyl (C=O) groups is 4. The van der Waals surface area contributed by atoms with Gasteiger partial charge in [0.2, 0.25) is 11.8 Å². The number of carboxylic acid groups (broad SMARTS) is 1. The summed E-state index contributed by atoms with van der Waals surface area (Å²) < 4.78 is 6.70. The first-order valence-electron chi connectivity index (χ1n) is 13.1. The van der Waals surface area contributed by atoms with Gasteiger partial charge in [-0.1, -0.05) is 13.8 Å². The summed E-state index contributed by atoms with van der Waals surface area (Å²) >= 11 is 1.44. The Kier molecular flexibility index (Phi) is 7.77. The van der Waals surface area contributed by atoms with Crippen molar-refractivity contribution in [3.63, 3.8) is 0 Å². The SMILES string of the molecule is CO[C@H]1CN(C(=O)[C@@H]2CC(SC3=C(C(=O)O)N4C(=O)[C@H]([C@@H](C)CC(=O)Cn5cnnn5)[C@H]4[C@H]3C)CN2)C[C@@H]1N. The molecule has 212 valence electrons. The van der Waals surface area contributed by atoms with E-state index in [2.05, 4.69) is 20.8 Å². The molecule has 0 spiro atoms. The zero-order valence-corrected chi connectivity index (χ0v) is 22.9. The van der Waals surface area contributed by atoms with Crippen LogP contribution in [0.4, 0.5) is 0 Å². The number of β-lactam (4-membered cyclic amide) rings is 1. The van der Waals surface area contributed by atoms with Crippen LogP contribution in [0.3, 0.4) is 0 Å². The first-order valence-corrected chi connectivity index (χ1v) is 14.0. The number of likely N-dealkylation sites (tertiary alicyclic amines) is 1. The minimum absolute atomic E-state index is 0.0198. The van der Waals surface area contributed by atoms with Gasteiger partial charge in [0.15, 0.2) is 5.78 Å². The molecule has 0 bridgehead atoms. The molecule has 1 aromatic heterocycles. The Balaban J connectivity index is 1.22. The molecule has 3 saturated heterocycles. The number of aromatic nitrogens is 4. The number of hydrogen-bond donors (Lipinski definition) is 3. The first kappa shape index (κ1) is 27.7. The van der Waals surface area contributed by atoms with Crippen molar-refractivity contribution in [2.45, 2.75) is 62.7 Å². The third-order valence-corrected chi connectivity index (χ3v) is 9.80.